The van der Waals surface area contributed by atoms with Gasteiger partial charge in [0.25, 0.3) is 5.91 Å². The van der Waals surface area contributed by atoms with Crippen LogP contribution in [0.1, 0.15) is 50.4 Å². The third-order valence-corrected chi connectivity index (χ3v) is 5.39. The van der Waals surface area contributed by atoms with Crippen molar-refractivity contribution in [1.82, 2.24) is 4.90 Å². The van der Waals surface area contributed by atoms with Gasteiger partial charge in [-0.25, -0.2) is 0 Å². The number of likely N-dealkylation sites (tertiary alicyclic amines) is 1. The number of carbonyl (C=O) groups excluding carboxylic acids is 1. The van der Waals surface area contributed by atoms with Crippen molar-refractivity contribution in [3.05, 3.63) is 33.8 Å². The number of amides is 1. The van der Waals surface area contributed by atoms with E-state index in [4.69, 9.17) is 23.2 Å². The molecule has 1 aromatic rings. The molecule has 0 radical (unpaired) electrons. The maximum absolute atomic E-state index is 12.9. The molecule has 1 saturated heterocycles. The Morgan fingerprint density at radius 3 is 2.62 bits per heavy atom. The summed E-state index contributed by atoms with van der Waals surface area (Å²) in [5.41, 5.74) is 1.10. The van der Waals surface area contributed by atoms with E-state index in [1.54, 1.807) is 18.2 Å². The number of nitrogens with zero attached hydrogens (tertiary/aromatic N) is 1. The zero-order chi connectivity index (χ0) is 15.4. The second kappa shape index (κ2) is 4.89. The van der Waals surface area contributed by atoms with Crippen molar-refractivity contribution in [2.45, 2.75) is 46.1 Å². The van der Waals surface area contributed by atoms with Crippen molar-refractivity contribution < 1.29 is 4.79 Å². The summed E-state index contributed by atoms with van der Waals surface area (Å²) in [5.74, 6) is 0.0445. The average molecular weight is 326 g/mol. The van der Waals surface area contributed by atoms with Crippen LogP contribution in [-0.2, 0) is 0 Å². The molecule has 1 amide bonds. The topological polar surface area (TPSA) is 20.3 Å². The highest BCUT2D eigenvalue weighted by atomic mass is 35.5. The Morgan fingerprint density at radius 1 is 1.24 bits per heavy atom. The van der Waals surface area contributed by atoms with Gasteiger partial charge in [0, 0.05) is 17.6 Å². The van der Waals surface area contributed by atoms with Crippen LogP contribution in [-0.4, -0.2) is 23.4 Å². The van der Waals surface area contributed by atoms with Gasteiger partial charge in [-0.15, -0.1) is 0 Å². The highest BCUT2D eigenvalue weighted by Crippen LogP contribution is 2.52. The smallest absolute Gasteiger partial charge is 0.255 e. The largest absolute Gasteiger partial charge is 0.335 e. The summed E-state index contributed by atoms with van der Waals surface area (Å²) in [4.78, 5) is 14.9. The summed E-state index contributed by atoms with van der Waals surface area (Å²) in [6.07, 6.45) is 3.35. The molecule has 0 unspecified atom stereocenters. The van der Waals surface area contributed by atoms with Gasteiger partial charge < -0.3 is 4.90 Å². The summed E-state index contributed by atoms with van der Waals surface area (Å²) in [7, 11) is 0. The molecule has 1 aliphatic heterocycles. The van der Waals surface area contributed by atoms with Gasteiger partial charge >= 0.3 is 0 Å². The number of hydrogen-bond acceptors (Lipinski definition) is 1. The van der Waals surface area contributed by atoms with E-state index in [9.17, 15) is 4.79 Å². The zero-order valence-electron chi connectivity index (χ0n) is 12.7. The van der Waals surface area contributed by atoms with Crippen LogP contribution in [0.25, 0.3) is 0 Å². The minimum atomic E-state index is 0.0445. The number of rotatable bonds is 1. The Hall–Kier alpha value is -0.730. The predicted octanol–water partition coefficient (Wildman–Crippen LogP) is 5.03. The van der Waals surface area contributed by atoms with Gasteiger partial charge in [0.1, 0.15) is 0 Å². The van der Waals surface area contributed by atoms with Gasteiger partial charge in [-0.05, 0) is 48.3 Å². The van der Waals surface area contributed by atoms with Crippen LogP contribution in [0.4, 0.5) is 0 Å². The fourth-order valence-corrected chi connectivity index (χ4v) is 5.00. The van der Waals surface area contributed by atoms with Crippen LogP contribution in [0.5, 0.6) is 0 Å². The molecule has 1 aliphatic carbocycles. The number of fused-ring (bicyclic) bond motifs is 2. The van der Waals surface area contributed by atoms with Gasteiger partial charge in [0.2, 0.25) is 0 Å². The van der Waals surface area contributed by atoms with Gasteiger partial charge in [-0.2, -0.15) is 0 Å². The number of carbonyl (C=O) groups is 1. The fourth-order valence-electron chi connectivity index (χ4n) is 4.51. The normalized spacial score (nSPS) is 30.5. The molecule has 1 heterocycles. The lowest BCUT2D eigenvalue weighted by atomic mass is 9.65. The predicted molar refractivity (Wildman–Crippen MR) is 87.0 cm³/mol. The number of hydrogen-bond donors (Lipinski definition) is 0. The first-order valence-corrected chi connectivity index (χ1v) is 8.21. The van der Waals surface area contributed by atoms with E-state index in [2.05, 4.69) is 20.8 Å². The molecule has 114 valence electrons. The minimum Gasteiger partial charge on any atom is -0.335 e. The Balaban J connectivity index is 1.90. The first kappa shape index (κ1) is 15.2. The highest BCUT2D eigenvalue weighted by Gasteiger charge is 2.51. The molecule has 4 heteroatoms. The standard InChI is InChI=1S/C17H21Cl2NO/c1-16(2)7-12-8-17(3,9-16)10-20(12)15(21)13-5-4-11(18)6-14(13)19/h4-6,12H,7-10H2,1-3H3/t12-,17+/m0/s1. The molecule has 2 bridgehead atoms. The lowest BCUT2D eigenvalue weighted by molar-refractivity contribution is 0.0708. The fraction of sp³-hybridized carbons (Fsp3) is 0.588. The number of halogens is 2. The molecule has 3 rings (SSSR count). The molecular weight excluding hydrogens is 305 g/mol. The van der Waals surface area contributed by atoms with E-state index >= 15 is 0 Å². The Bertz CT molecular complexity index is 598. The van der Waals surface area contributed by atoms with E-state index in [-0.39, 0.29) is 11.3 Å². The molecule has 1 aromatic carbocycles. The highest BCUT2D eigenvalue weighted by molar-refractivity contribution is 6.36. The molecule has 1 saturated carbocycles. The SMILES string of the molecule is CC1(C)C[C@H]2C[C@@](C)(CN2C(=O)c2ccc(Cl)cc2Cl)C1. The van der Waals surface area contributed by atoms with Crippen molar-refractivity contribution in [3.8, 4) is 0 Å². The van der Waals surface area contributed by atoms with Gasteiger partial charge in [-0.3, -0.25) is 4.79 Å². The third kappa shape index (κ3) is 2.80. The molecule has 2 aliphatic rings. The van der Waals surface area contributed by atoms with E-state index < -0.39 is 0 Å². The van der Waals surface area contributed by atoms with E-state index in [0.717, 1.165) is 19.4 Å². The summed E-state index contributed by atoms with van der Waals surface area (Å²) in [6.45, 7) is 7.75. The lowest BCUT2D eigenvalue weighted by Gasteiger charge is -2.39. The van der Waals surface area contributed by atoms with Crippen LogP contribution in [0.2, 0.25) is 10.0 Å². The van der Waals surface area contributed by atoms with Crippen molar-refractivity contribution in [1.29, 1.82) is 0 Å². The van der Waals surface area contributed by atoms with Crippen molar-refractivity contribution in [2.75, 3.05) is 6.54 Å². The second-order valence-electron chi connectivity index (χ2n) is 7.77. The summed E-state index contributed by atoms with van der Waals surface area (Å²) >= 11 is 12.1. The van der Waals surface area contributed by atoms with Crippen LogP contribution >= 0.6 is 23.2 Å². The maximum Gasteiger partial charge on any atom is 0.255 e. The molecule has 2 fully saturated rings. The average Bonchev–Trinajstić information content (AvgIpc) is 2.57. The summed E-state index contributed by atoms with van der Waals surface area (Å²) in [5, 5.41) is 1.00. The maximum atomic E-state index is 12.9. The monoisotopic (exact) mass is 325 g/mol. The van der Waals surface area contributed by atoms with Crippen molar-refractivity contribution in [2.24, 2.45) is 10.8 Å². The molecule has 0 spiro atoms. The number of benzene rings is 1. The van der Waals surface area contributed by atoms with Crippen LogP contribution in [0.15, 0.2) is 18.2 Å². The summed E-state index contributed by atoms with van der Waals surface area (Å²) < 4.78 is 0. The van der Waals surface area contributed by atoms with E-state index in [0.29, 0.717) is 27.1 Å². The molecule has 2 atom stereocenters. The van der Waals surface area contributed by atoms with Crippen LogP contribution in [0, 0.1) is 10.8 Å². The van der Waals surface area contributed by atoms with Crippen LogP contribution < -0.4 is 0 Å². The lowest BCUT2D eigenvalue weighted by Crippen LogP contribution is -2.37. The molecular formula is C17H21Cl2NO. The quantitative estimate of drug-likeness (QED) is 0.708. The van der Waals surface area contributed by atoms with Crippen molar-refractivity contribution in [3.63, 3.8) is 0 Å². The Morgan fingerprint density at radius 2 is 1.95 bits per heavy atom. The molecule has 2 nitrogen and oxygen atoms in total. The van der Waals surface area contributed by atoms with Gasteiger partial charge in [-0.1, -0.05) is 44.0 Å². The zero-order valence-corrected chi connectivity index (χ0v) is 14.3. The second-order valence-corrected chi connectivity index (χ2v) is 8.61. The summed E-state index contributed by atoms with van der Waals surface area (Å²) in [6, 6.07) is 5.44. The van der Waals surface area contributed by atoms with Gasteiger partial charge in [0.05, 0.1) is 10.6 Å². The first-order chi connectivity index (χ1) is 9.69. The first-order valence-electron chi connectivity index (χ1n) is 7.45. The Labute approximate surface area is 136 Å². The third-order valence-electron chi connectivity index (χ3n) is 4.84. The molecule has 21 heavy (non-hydrogen) atoms. The van der Waals surface area contributed by atoms with Crippen LogP contribution in [0.3, 0.4) is 0 Å². The van der Waals surface area contributed by atoms with E-state index in [1.807, 2.05) is 4.90 Å². The molecule has 0 N–H and O–H groups in total. The Kier molecular flexibility index (Phi) is 3.53. The van der Waals surface area contributed by atoms with E-state index in [1.165, 1.54) is 6.42 Å². The van der Waals surface area contributed by atoms with Gasteiger partial charge in [0.15, 0.2) is 0 Å². The molecule has 0 aromatic heterocycles. The minimum absolute atomic E-state index is 0.0445. The van der Waals surface area contributed by atoms with Crippen molar-refractivity contribution >= 4 is 29.1 Å².